The molecule has 2 atom stereocenters. The molecule has 6 heteroatoms. The first kappa shape index (κ1) is 22.8. The summed E-state index contributed by atoms with van der Waals surface area (Å²) in [6.07, 6.45) is 4.97. The van der Waals surface area contributed by atoms with Gasteiger partial charge in [0, 0.05) is 44.9 Å². The van der Waals surface area contributed by atoms with Crippen LogP contribution in [0.3, 0.4) is 0 Å². The Balaban J connectivity index is 1.48. The third-order valence-corrected chi connectivity index (χ3v) is 7.38. The van der Waals surface area contributed by atoms with E-state index in [1.54, 1.807) is 0 Å². The Kier molecular flexibility index (Phi) is 6.87. The molecule has 0 saturated carbocycles. The average molecular weight is 440 g/mol. The minimum absolute atomic E-state index is 0.0128. The molecule has 0 aromatic heterocycles. The van der Waals surface area contributed by atoms with Crippen molar-refractivity contribution in [2.45, 2.75) is 65.4 Å². The van der Waals surface area contributed by atoms with Crippen LogP contribution in [0.4, 0.5) is 0 Å². The number of likely N-dealkylation sites (tertiary alicyclic amines) is 2. The van der Waals surface area contributed by atoms with E-state index in [0.717, 1.165) is 37.2 Å². The molecule has 2 fully saturated rings. The Morgan fingerprint density at radius 1 is 1.12 bits per heavy atom. The summed E-state index contributed by atoms with van der Waals surface area (Å²) in [6, 6.07) is 10.1. The van der Waals surface area contributed by atoms with Crippen LogP contribution in [0.15, 0.2) is 35.5 Å². The topological polar surface area (TPSA) is 62.2 Å². The van der Waals surface area contributed by atoms with Crippen molar-refractivity contribution < 1.29 is 14.4 Å². The van der Waals surface area contributed by atoms with Crippen LogP contribution >= 0.6 is 0 Å². The minimum atomic E-state index is -0.475. The fraction of sp³-hybridized carbons (Fsp3) is 0.654. The Morgan fingerprint density at radius 3 is 2.50 bits per heavy atom. The number of piperidine rings is 2. The smallest absolute Gasteiger partial charge is 0.229 e. The van der Waals surface area contributed by atoms with Crippen LogP contribution in [-0.4, -0.2) is 59.6 Å². The van der Waals surface area contributed by atoms with E-state index in [1.165, 1.54) is 6.42 Å². The van der Waals surface area contributed by atoms with Crippen LogP contribution in [0.1, 0.15) is 64.9 Å². The van der Waals surface area contributed by atoms with Gasteiger partial charge in [-0.1, -0.05) is 56.3 Å². The molecule has 4 rings (SSSR count). The molecular weight excluding hydrogens is 402 g/mol. The van der Waals surface area contributed by atoms with E-state index in [9.17, 15) is 9.59 Å². The number of rotatable bonds is 5. The number of carbonyl (C=O) groups is 2. The molecule has 6 nitrogen and oxygen atoms in total. The molecule has 32 heavy (non-hydrogen) atoms. The van der Waals surface area contributed by atoms with E-state index in [0.29, 0.717) is 38.3 Å². The number of nitrogens with zero attached hydrogens (tertiary/aromatic N) is 3. The van der Waals surface area contributed by atoms with Gasteiger partial charge in [-0.15, -0.1) is 0 Å². The molecule has 3 aliphatic heterocycles. The quantitative estimate of drug-likeness (QED) is 0.694. The zero-order chi connectivity index (χ0) is 22.7. The summed E-state index contributed by atoms with van der Waals surface area (Å²) >= 11 is 0. The van der Waals surface area contributed by atoms with Gasteiger partial charge in [-0.25, -0.2) is 0 Å². The molecule has 0 unspecified atom stereocenters. The maximum atomic E-state index is 13.9. The first-order chi connectivity index (χ1) is 15.4. The van der Waals surface area contributed by atoms with E-state index in [4.69, 9.17) is 4.84 Å². The predicted molar refractivity (Wildman–Crippen MR) is 125 cm³/mol. The number of amides is 2. The van der Waals surface area contributed by atoms with E-state index in [-0.39, 0.29) is 23.8 Å². The van der Waals surface area contributed by atoms with Crippen molar-refractivity contribution >= 4 is 17.5 Å². The monoisotopic (exact) mass is 439 g/mol. The lowest BCUT2D eigenvalue weighted by atomic mass is 9.71. The fourth-order valence-electron chi connectivity index (χ4n) is 5.51. The molecule has 0 radical (unpaired) electrons. The maximum absolute atomic E-state index is 13.9. The molecule has 0 bridgehead atoms. The molecule has 2 amide bonds. The van der Waals surface area contributed by atoms with Crippen LogP contribution in [0.2, 0.25) is 0 Å². The van der Waals surface area contributed by atoms with E-state index < -0.39 is 5.41 Å². The largest absolute Gasteiger partial charge is 0.392 e. The van der Waals surface area contributed by atoms with Crippen molar-refractivity contribution in [2.24, 2.45) is 22.4 Å². The summed E-state index contributed by atoms with van der Waals surface area (Å²) in [5.74, 6) is 0.978. The molecule has 0 aliphatic carbocycles. The molecule has 3 aliphatic rings. The molecule has 3 heterocycles. The van der Waals surface area contributed by atoms with E-state index in [2.05, 4.69) is 29.1 Å². The number of carbonyl (C=O) groups excluding carboxylic acids is 2. The third-order valence-electron chi connectivity index (χ3n) is 7.38. The second-order valence-corrected chi connectivity index (χ2v) is 10.3. The number of hydrogen-bond acceptors (Lipinski definition) is 4. The Labute approximate surface area is 192 Å². The van der Waals surface area contributed by atoms with E-state index >= 15 is 0 Å². The average Bonchev–Trinajstić information content (AvgIpc) is 3.27. The first-order valence-electron chi connectivity index (χ1n) is 12.2. The number of hydrogen-bond donors (Lipinski definition) is 0. The van der Waals surface area contributed by atoms with Crippen molar-refractivity contribution in [3.8, 4) is 0 Å². The normalized spacial score (nSPS) is 25.4. The third kappa shape index (κ3) is 4.84. The minimum Gasteiger partial charge on any atom is -0.392 e. The van der Waals surface area contributed by atoms with Gasteiger partial charge < -0.3 is 14.6 Å². The highest BCUT2D eigenvalue weighted by Crippen LogP contribution is 2.41. The molecule has 0 spiro atoms. The van der Waals surface area contributed by atoms with Crippen molar-refractivity contribution in [1.82, 2.24) is 9.80 Å². The van der Waals surface area contributed by atoms with Gasteiger partial charge >= 0.3 is 0 Å². The molecule has 174 valence electrons. The van der Waals surface area contributed by atoms with Gasteiger partial charge in [0.1, 0.15) is 6.10 Å². The zero-order valence-electron chi connectivity index (χ0n) is 19.8. The summed E-state index contributed by atoms with van der Waals surface area (Å²) in [5, 5.41) is 4.36. The number of oxime groups is 1. The van der Waals surface area contributed by atoms with Gasteiger partial charge in [0.15, 0.2) is 0 Å². The second kappa shape index (κ2) is 9.63. The van der Waals surface area contributed by atoms with Crippen molar-refractivity contribution in [3.63, 3.8) is 0 Å². The molecule has 1 aromatic rings. The molecule has 0 N–H and O–H groups in total. The molecule has 1 aromatic carbocycles. The van der Waals surface area contributed by atoms with Gasteiger partial charge in [-0.05, 0) is 37.2 Å². The summed E-state index contributed by atoms with van der Waals surface area (Å²) < 4.78 is 0. The standard InChI is InChI=1S/C26H37N3O3/c1-19(2)24(30)28-14-11-26(12-15-28,25(31)29-13-7-8-20(3)18-29)17-22-16-23(27-32-22)21-9-5-4-6-10-21/h4-6,9-10,19-20,22H,7-8,11-18H2,1-3H3/t20-,22+/m1/s1. The lowest BCUT2D eigenvalue weighted by molar-refractivity contribution is -0.153. The Hall–Kier alpha value is -2.37. The zero-order valence-corrected chi connectivity index (χ0v) is 19.8. The van der Waals surface area contributed by atoms with Gasteiger partial charge in [0.2, 0.25) is 11.8 Å². The summed E-state index contributed by atoms with van der Waals surface area (Å²) in [6.45, 7) is 9.09. The van der Waals surface area contributed by atoms with Crippen molar-refractivity contribution in [3.05, 3.63) is 35.9 Å². The van der Waals surface area contributed by atoms with Crippen LogP contribution in [-0.2, 0) is 14.4 Å². The molecular formula is C26H37N3O3. The van der Waals surface area contributed by atoms with Crippen LogP contribution in [0, 0.1) is 17.3 Å². The summed E-state index contributed by atoms with van der Waals surface area (Å²) in [5.41, 5.74) is 1.56. The van der Waals surface area contributed by atoms with Crippen molar-refractivity contribution in [2.75, 3.05) is 26.2 Å². The highest BCUT2D eigenvalue weighted by Gasteiger charge is 2.47. The van der Waals surface area contributed by atoms with Gasteiger partial charge in [-0.3, -0.25) is 9.59 Å². The Morgan fingerprint density at radius 2 is 1.84 bits per heavy atom. The second-order valence-electron chi connectivity index (χ2n) is 10.3. The lowest BCUT2D eigenvalue weighted by Crippen LogP contribution is -2.54. The fourth-order valence-corrected chi connectivity index (χ4v) is 5.51. The van der Waals surface area contributed by atoms with Gasteiger partial charge in [-0.2, -0.15) is 0 Å². The summed E-state index contributed by atoms with van der Waals surface area (Å²) in [7, 11) is 0. The van der Waals surface area contributed by atoms with Gasteiger partial charge in [0.25, 0.3) is 0 Å². The van der Waals surface area contributed by atoms with Crippen molar-refractivity contribution in [1.29, 1.82) is 0 Å². The van der Waals surface area contributed by atoms with Gasteiger partial charge in [0.05, 0.1) is 11.1 Å². The highest BCUT2D eigenvalue weighted by atomic mass is 16.6. The SMILES string of the molecule is CC(C)C(=O)N1CCC(C[C@@H]2CC(c3ccccc3)=NO2)(C(=O)N2CCC[C@@H](C)C2)CC1. The highest BCUT2D eigenvalue weighted by molar-refractivity contribution is 6.01. The first-order valence-corrected chi connectivity index (χ1v) is 12.2. The van der Waals surface area contributed by atoms with Crippen LogP contribution < -0.4 is 0 Å². The lowest BCUT2D eigenvalue weighted by Gasteiger charge is -2.45. The van der Waals surface area contributed by atoms with E-state index in [1.807, 2.05) is 36.9 Å². The van der Waals surface area contributed by atoms with Crippen LogP contribution in [0.25, 0.3) is 0 Å². The van der Waals surface area contributed by atoms with Crippen LogP contribution in [0.5, 0.6) is 0 Å². The number of benzene rings is 1. The Bertz CT molecular complexity index is 843. The summed E-state index contributed by atoms with van der Waals surface area (Å²) in [4.78, 5) is 36.3. The molecule has 2 saturated heterocycles. The maximum Gasteiger partial charge on any atom is 0.229 e. The predicted octanol–water partition coefficient (Wildman–Crippen LogP) is 4.09.